The minimum atomic E-state index is -0.581. The fourth-order valence-electron chi connectivity index (χ4n) is 3.32. The number of nitrogens with one attached hydrogen (secondary N) is 2. The summed E-state index contributed by atoms with van der Waals surface area (Å²) in [6.45, 7) is 0.450. The molecule has 2 aromatic rings. The third kappa shape index (κ3) is 7.50. The van der Waals surface area contributed by atoms with Gasteiger partial charge in [0.1, 0.15) is 11.3 Å². The van der Waals surface area contributed by atoms with Gasteiger partial charge in [-0.25, -0.2) is 4.98 Å². The number of halogens is 1. The number of allylic oxidation sites excluding steroid dienone is 2. The van der Waals surface area contributed by atoms with Crippen LogP contribution in [0.1, 0.15) is 42.9 Å². The zero-order valence-corrected chi connectivity index (χ0v) is 18.4. The van der Waals surface area contributed by atoms with E-state index in [1.165, 1.54) is 0 Å². The zero-order chi connectivity index (χ0) is 22.8. The second kappa shape index (κ2) is 12.0. The first-order valence-electron chi connectivity index (χ1n) is 10.6. The summed E-state index contributed by atoms with van der Waals surface area (Å²) >= 11 is 5.78. The van der Waals surface area contributed by atoms with Crippen LogP contribution in [0.15, 0.2) is 60.8 Å². The Bertz CT molecular complexity index is 947. The fourth-order valence-corrected chi connectivity index (χ4v) is 3.43. The molecule has 0 bridgehead atoms. The number of carbonyl (C=O) groups excluding carboxylic acids is 3. The highest BCUT2D eigenvalue weighted by molar-refractivity contribution is 6.29. The summed E-state index contributed by atoms with van der Waals surface area (Å²) in [5.74, 6) is -1.32. The van der Waals surface area contributed by atoms with Crippen LogP contribution in [-0.4, -0.2) is 29.3 Å². The molecule has 0 aliphatic carbocycles. The van der Waals surface area contributed by atoms with Crippen molar-refractivity contribution in [2.75, 3.05) is 6.54 Å². The van der Waals surface area contributed by atoms with Crippen LogP contribution in [0.3, 0.4) is 0 Å². The molecular weight excluding hydrogens is 430 g/mol. The van der Waals surface area contributed by atoms with E-state index >= 15 is 0 Å². The molecule has 0 spiro atoms. The van der Waals surface area contributed by atoms with Crippen LogP contribution >= 0.6 is 11.6 Å². The lowest BCUT2D eigenvalue weighted by molar-refractivity contribution is -0.150. The van der Waals surface area contributed by atoms with Gasteiger partial charge in [0.15, 0.2) is 0 Å². The summed E-state index contributed by atoms with van der Waals surface area (Å²) in [6.07, 6.45) is 5.93. The topological polar surface area (TPSA) is 97.4 Å². The summed E-state index contributed by atoms with van der Waals surface area (Å²) in [5, 5.41) is 6.05. The maximum atomic E-state index is 12.8. The monoisotopic (exact) mass is 455 g/mol. The Hall–Kier alpha value is -3.19. The molecule has 1 unspecified atom stereocenters. The summed E-state index contributed by atoms with van der Waals surface area (Å²) in [5.41, 5.74) is 1.62. The number of cyclic esters (lactones) is 1. The highest BCUT2D eigenvalue weighted by Gasteiger charge is 2.24. The van der Waals surface area contributed by atoms with Crippen molar-refractivity contribution in [1.29, 1.82) is 0 Å². The van der Waals surface area contributed by atoms with Crippen LogP contribution in [0.2, 0.25) is 5.15 Å². The molecule has 1 aromatic carbocycles. The maximum Gasteiger partial charge on any atom is 0.306 e. The predicted octanol–water partition coefficient (Wildman–Crippen LogP) is 3.50. The summed E-state index contributed by atoms with van der Waals surface area (Å²) in [4.78, 5) is 41.4. The molecule has 8 heteroatoms. The van der Waals surface area contributed by atoms with Gasteiger partial charge in [-0.2, -0.15) is 0 Å². The highest BCUT2D eigenvalue weighted by atomic mass is 35.5. The Morgan fingerprint density at radius 1 is 1.16 bits per heavy atom. The number of benzene rings is 1. The standard InChI is InChI=1S/C24H26ClN3O4/c25-21-12-11-17(14-26-21)15-27-22(29)13-19-9-5-2-6-10-23(30)32-20(16-28-24(19)31)18-7-3-1-4-8-18/h1-5,7-8,11-12,14,19-20H,6,9-10,13,15-16H2,(H,27,29)(H,28,31)/b5-2+/t19-,20?/m0/s1. The Kier molecular flexibility index (Phi) is 8.80. The minimum Gasteiger partial charge on any atom is -0.456 e. The predicted molar refractivity (Wildman–Crippen MR) is 120 cm³/mol. The number of amides is 2. The van der Waals surface area contributed by atoms with Gasteiger partial charge in [-0.1, -0.05) is 60.2 Å². The Labute approximate surface area is 192 Å². The summed E-state index contributed by atoms with van der Waals surface area (Å²) in [7, 11) is 0. The number of pyridine rings is 1. The minimum absolute atomic E-state index is 0.0486. The van der Waals surface area contributed by atoms with E-state index in [4.69, 9.17) is 16.3 Å². The summed E-state index contributed by atoms with van der Waals surface area (Å²) < 4.78 is 5.59. The largest absolute Gasteiger partial charge is 0.456 e. The SMILES string of the molecule is O=C(C[C@@H]1C/C=C/CCC(=O)OC(c2ccccc2)CNC1=O)NCc1ccc(Cl)nc1. The molecular formula is C24H26ClN3O4. The number of nitrogens with zero attached hydrogens (tertiary/aromatic N) is 1. The van der Waals surface area contributed by atoms with Crippen molar-refractivity contribution in [3.63, 3.8) is 0 Å². The van der Waals surface area contributed by atoms with Crippen molar-refractivity contribution in [2.45, 2.75) is 38.3 Å². The quantitative estimate of drug-likeness (QED) is 0.408. The van der Waals surface area contributed by atoms with Crippen LogP contribution < -0.4 is 10.6 Å². The van der Waals surface area contributed by atoms with Crippen molar-refractivity contribution >= 4 is 29.4 Å². The maximum absolute atomic E-state index is 12.8. The van der Waals surface area contributed by atoms with Gasteiger partial charge in [-0.05, 0) is 30.0 Å². The zero-order valence-electron chi connectivity index (χ0n) is 17.6. The van der Waals surface area contributed by atoms with Crippen LogP contribution in [0.25, 0.3) is 0 Å². The van der Waals surface area contributed by atoms with Crippen molar-refractivity contribution in [1.82, 2.24) is 15.6 Å². The van der Waals surface area contributed by atoms with E-state index in [1.54, 1.807) is 18.3 Å². The third-order valence-electron chi connectivity index (χ3n) is 5.09. The van der Waals surface area contributed by atoms with Gasteiger partial charge in [0.05, 0.1) is 12.5 Å². The van der Waals surface area contributed by atoms with E-state index in [0.29, 0.717) is 24.5 Å². The van der Waals surface area contributed by atoms with E-state index in [2.05, 4.69) is 15.6 Å². The average Bonchev–Trinajstić information content (AvgIpc) is 2.80. The van der Waals surface area contributed by atoms with Gasteiger partial charge in [0, 0.05) is 25.6 Å². The number of rotatable bonds is 5. The molecule has 1 aliphatic rings. The molecule has 1 aliphatic heterocycles. The Morgan fingerprint density at radius 3 is 2.72 bits per heavy atom. The van der Waals surface area contributed by atoms with Gasteiger partial charge in [0.25, 0.3) is 0 Å². The van der Waals surface area contributed by atoms with Crippen LogP contribution in [-0.2, 0) is 25.7 Å². The lowest BCUT2D eigenvalue weighted by Gasteiger charge is -2.21. The second-order valence-electron chi connectivity index (χ2n) is 7.55. The van der Waals surface area contributed by atoms with Gasteiger partial charge in [-0.3, -0.25) is 14.4 Å². The number of carbonyl (C=O) groups is 3. The molecule has 0 radical (unpaired) electrons. The number of ether oxygens (including phenoxy) is 1. The first kappa shape index (κ1) is 23.5. The molecule has 32 heavy (non-hydrogen) atoms. The molecule has 2 atom stereocenters. The highest BCUT2D eigenvalue weighted by Crippen LogP contribution is 2.19. The van der Waals surface area contributed by atoms with Gasteiger partial charge < -0.3 is 15.4 Å². The number of hydrogen-bond donors (Lipinski definition) is 2. The summed E-state index contributed by atoms with van der Waals surface area (Å²) in [6, 6.07) is 12.7. The Balaban J connectivity index is 1.62. The molecule has 168 valence electrons. The number of hydrogen-bond acceptors (Lipinski definition) is 5. The van der Waals surface area contributed by atoms with E-state index in [1.807, 2.05) is 42.5 Å². The molecule has 7 nitrogen and oxygen atoms in total. The second-order valence-corrected chi connectivity index (χ2v) is 7.93. The molecule has 2 N–H and O–H groups in total. The van der Waals surface area contributed by atoms with E-state index in [0.717, 1.165) is 11.1 Å². The van der Waals surface area contributed by atoms with Gasteiger partial charge >= 0.3 is 5.97 Å². The normalized spacial score (nSPS) is 20.8. The molecule has 0 saturated carbocycles. The van der Waals surface area contributed by atoms with Crippen LogP contribution in [0.5, 0.6) is 0 Å². The lowest BCUT2D eigenvalue weighted by Crippen LogP contribution is -2.37. The number of aromatic nitrogens is 1. The number of esters is 1. The van der Waals surface area contributed by atoms with Gasteiger partial charge in [0.2, 0.25) is 11.8 Å². The molecule has 1 aromatic heterocycles. The average molecular weight is 456 g/mol. The molecule has 2 amide bonds. The molecule has 0 saturated heterocycles. The van der Waals surface area contributed by atoms with Crippen molar-refractivity contribution in [2.24, 2.45) is 5.92 Å². The van der Waals surface area contributed by atoms with Crippen LogP contribution in [0.4, 0.5) is 0 Å². The fraction of sp³-hybridized carbons (Fsp3) is 0.333. The first-order chi connectivity index (χ1) is 15.5. The van der Waals surface area contributed by atoms with Crippen molar-refractivity contribution in [3.05, 3.63) is 77.1 Å². The molecule has 0 fully saturated rings. The first-order valence-corrected chi connectivity index (χ1v) is 10.9. The molecule has 3 rings (SSSR count). The van der Waals surface area contributed by atoms with E-state index in [9.17, 15) is 14.4 Å². The van der Waals surface area contributed by atoms with Gasteiger partial charge in [-0.15, -0.1) is 0 Å². The Morgan fingerprint density at radius 2 is 1.97 bits per heavy atom. The lowest BCUT2D eigenvalue weighted by atomic mass is 9.98. The van der Waals surface area contributed by atoms with Crippen LogP contribution in [0, 0.1) is 5.92 Å². The third-order valence-corrected chi connectivity index (χ3v) is 5.31. The van der Waals surface area contributed by atoms with E-state index in [-0.39, 0.29) is 37.2 Å². The van der Waals surface area contributed by atoms with Crippen molar-refractivity contribution in [3.8, 4) is 0 Å². The smallest absolute Gasteiger partial charge is 0.306 e. The van der Waals surface area contributed by atoms with E-state index < -0.39 is 12.0 Å². The molecule has 2 heterocycles. The van der Waals surface area contributed by atoms with Crippen molar-refractivity contribution < 1.29 is 19.1 Å².